The average molecular weight is 250 g/mol. The van der Waals surface area contributed by atoms with Crippen molar-refractivity contribution < 1.29 is 9.90 Å². The number of hydrogen-bond donors (Lipinski definition) is 3. The molecule has 0 spiro atoms. The van der Waals surface area contributed by atoms with Crippen molar-refractivity contribution in [2.45, 2.75) is 26.9 Å². The van der Waals surface area contributed by atoms with E-state index >= 15 is 0 Å². The number of carbonyl (C=O) groups is 1. The summed E-state index contributed by atoms with van der Waals surface area (Å²) in [5.74, 6) is 0.256. The molecule has 0 saturated carbocycles. The predicted octanol–water partition coefficient (Wildman–Crippen LogP) is 1.74. The van der Waals surface area contributed by atoms with Crippen LogP contribution in [0.5, 0.6) is 0 Å². The van der Waals surface area contributed by atoms with Crippen molar-refractivity contribution in [2.75, 3.05) is 11.9 Å². The van der Waals surface area contributed by atoms with E-state index in [1.54, 1.807) is 24.3 Å². The highest BCUT2D eigenvalue weighted by Crippen LogP contribution is 2.15. The van der Waals surface area contributed by atoms with Gasteiger partial charge in [0.05, 0.1) is 12.5 Å². The minimum Gasteiger partial charge on any atom is -0.392 e. The zero-order valence-electron chi connectivity index (χ0n) is 11.0. The van der Waals surface area contributed by atoms with Gasteiger partial charge in [-0.2, -0.15) is 0 Å². The second kappa shape index (κ2) is 7.13. The summed E-state index contributed by atoms with van der Waals surface area (Å²) in [6.07, 6.45) is 0.789. The monoisotopic (exact) mass is 250 g/mol. The quantitative estimate of drug-likeness (QED) is 0.720. The molecule has 0 heterocycles. The molecule has 1 amide bonds. The van der Waals surface area contributed by atoms with Crippen molar-refractivity contribution in [3.63, 3.8) is 0 Å². The Bertz CT molecular complexity index is 374. The number of amides is 1. The van der Waals surface area contributed by atoms with Gasteiger partial charge in [0, 0.05) is 12.2 Å². The minimum atomic E-state index is -0.150. The molecular weight excluding hydrogens is 228 g/mol. The molecule has 0 aromatic heterocycles. The Morgan fingerprint density at radius 1 is 1.33 bits per heavy atom. The topological polar surface area (TPSA) is 75.4 Å². The summed E-state index contributed by atoms with van der Waals surface area (Å²) in [6.45, 7) is 4.52. The van der Waals surface area contributed by atoms with E-state index in [0.717, 1.165) is 17.7 Å². The maximum Gasteiger partial charge on any atom is 0.228 e. The summed E-state index contributed by atoms with van der Waals surface area (Å²) >= 11 is 0. The molecule has 1 rings (SSSR count). The number of aliphatic hydroxyl groups excluding tert-OH is 1. The van der Waals surface area contributed by atoms with Crippen molar-refractivity contribution in [1.82, 2.24) is 0 Å². The summed E-state index contributed by atoms with van der Waals surface area (Å²) in [4.78, 5) is 12.0. The third-order valence-electron chi connectivity index (χ3n) is 2.82. The maximum atomic E-state index is 12.0. The predicted molar refractivity (Wildman–Crippen MR) is 73.0 cm³/mol. The zero-order chi connectivity index (χ0) is 13.5. The Morgan fingerprint density at radius 2 is 1.94 bits per heavy atom. The fourth-order valence-corrected chi connectivity index (χ4v) is 1.82. The first-order valence-corrected chi connectivity index (χ1v) is 6.27. The highest BCUT2D eigenvalue weighted by atomic mass is 16.3. The molecule has 0 saturated heterocycles. The van der Waals surface area contributed by atoms with E-state index in [9.17, 15) is 4.79 Å². The Morgan fingerprint density at radius 3 is 2.39 bits per heavy atom. The molecule has 0 aliphatic heterocycles. The van der Waals surface area contributed by atoms with Gasteiger partial charge in [0.1, 0.15) is 0 Å². The van der Waals surface area contributed by atoms with Crippen LogP contribution in [0.2, 0.25) is 0 Å². The molecule has 18 heavy (non-hydrogen) atoms. The molecule has 1 aromatic rings. The van der Waals surface area contributed by atoms with Crippen LogP contribution >= 0.6 is 0 Å². The van der Waals surface area contributed by atoms with Gasteiger partial charge in [-0.25, -0.2) is 0 Å². The van der Waals surface area contributed by atoms with Gasteiger partial charge in [-0.3, -0.25) is 4.79 Å². The van der Waals surface area contributed by atoms with Gasteiger partial charge in [0.25, 0.3) is 0 Å². The van der Waals surface area contributed by atoms with E-state index in [1.165, 1.54) is 0 Å². The van der Waals surface area contributed by atoms with Crippen LogP contribution in [0, 0.1) is 11.8 Å². The molecule has 0 aliphatic rings. The summed E-state index contributed by atoms with van der Waals surface area (Å²) in [5.41, 5.74) is 7.19. The molecule has 1 unspecified atom stereocenters. The van der Waals surface area contributed by atoms with Crippen LogP contribution in [-0.4, -0.2) is 17.6 Å². The van der Waals surface area contributed by atoms with Crippen LogP contribution in [0.4, 0.5) is 5.69 Å². The molecule has 0 fully saturated rings. The Labute approximate surface area is 108 Å². The van der Waals surface area contributed by atoms with Gasteiger partial charge >= 0.3 is 0 Å². The minimum absolute atomic E-state index is 0.00695. The van der Waals surface area contributed by atoms with Crippen molar-refractivity contribution in [3.05, 3.63) is 29.8 Å². The van der Waals surface area contributed by atoms with Crippen LogP contribution in [-0.2, 0) is 11.4 Å². The lowest BCUT2D eigenvalue weighted by molar-refractivity contribution is -0.120. The Hall–Kier alpha value is -1.39. The summed E-state index contributed by atoms with van der Waals surface area (Å²) in [5, 5.41) is 11.8. The van der Waals surface area contributed by atoms with E-state index in [2.05, 4.69) is 19.2 Å². The second-order valence-electron chi connectivity index (χ2n) is 4.91. The average Bonchev–Trinajstić information content (AvgIpc) is 2.36. The second-order valence-corrected chi connectivity index (χ2v) is 4.91. The summed E-state index contributed by atoms with van der Waals surface area (Å²) < 4.78 is 0. The third kappa shape index (κ3) is 4.47. The van der Waals surface area contributed by atoms with Gasteiger partial charge in [0.15, 0.2) is 0 Å². The fourth-order valence-electron chi connectivity index (χ4n) is 1.82. The molecule has 1 aromatic carbocycles. The molecule has 0 bridgehead atoms. The van der Waals surface area contributed by atoms with Crippen molar-refractivity contribution >= 4 is 11.6 Å². The molecule has 4 N–H and O–H groups in total. The number of rotatable bonds is 6. The van der Waals surface area contributed by atoms with E-state index in [4.69, 9.17) is 10.8 Å². The van der Waals surface area contributed by atoms with Crippen molar-refractivity contribution in [2.24, 2.45) is 17.6 Å². The van der Waals surface area contributed by atoms with Crippen LogP contribution in [0.25, 0.3) is 0 Å². The van der Waals surface area contributed by atoms with Crippen LogP contribution in [0.3, 0.4) is 0 Å². The van der Waals surface area contributed by atoms with Gasteiger partial charge < -0.3 is 16.2 Å². The first-order valence-electron chi connectivity index (χ1n) is 6.27. The van der Waals surface area contributed by atoms with Crippen LogP contribution < -0.4 is 11.1 Å². The van der Waals surface area contributed by atoms with Gasteiger partial charge in [-0.05, 0) is 30.0 Å². The molecular formula is C14H22N2O2. The first-order chi connectivity index (χ1) is 8.56. The lowest BCUT2D eigenvalue weighted by Crippen LogP contribution is -2.30. The number of anilines is 1. The fraction of sp³-hybridized carbons (Fsp3) is 0.500. The lowest BCUT2D eigenvalue weighted by atomic mass is 9.96. The zero-order valence-corrected chi connectivity index (χ0v) is 11.0. The lowest BCUT2D eigenvalue weighted by Gasteiger charge is -2.16. The van der Waals surface area contributed by atoms with Crippen molar-refractivity contribution in [1.29, 1.82) is 0 Å². The summed E-state index contributed by atoms with van der Waals surface area (Å²) in [7, 11) is 0. The SMILES string of the molecule is CC(C)CC(CN)C(=O)Nc1ccc(CO)cc1. The molecule has 1 atom stereocenters. The highest BCUT2D eigenvalue weighted by Gasteiger charge is 2.18. The molecule has 0 aliphatic carbocycles. The Balaban J connectivity index is 2.61. The van der Waals surface area contributed by atoms with Crippen LogP contribution in [0.15, 0.2) is 24.3 Å². The third-order valence-corrected chi connectivity index (χ3v) is 2.82. The first kappa shape index (κ1) is 14.7. The van der Waals surface area contributed by atoms with Crippen LogP contribution in [0.1, 0.15) is 25.8 Å². The Kier molecular flexibility index (Phi) is 5.82. The van der Waals surface area contributed by atoms with Crippen molar-refractivity contribution in [3.8, 4) is 0 Å². The number of aliphatic hydroxyl groups is 1. The molecule has 4 nitrogen and oxygen atoms in total. The molecule has 0 radical (unpaired) electrons. The number of nitrogens with one attached hydrogen (secondary N) is 1. The smallest absolute Gasteiger partial charge is 0.228 e. The largest absolute Gasteiger partial charge is 0.392 e. The molecule has 100 valence electrons. The number of nitrogens with two attached hydrogens (primary N) is 1. The number of hydrogen-bond acceptors (Lipinski definition) is 3. The highest BCUT2D eigenvalue weighted by molar-refractivity contribution is 5.92. The van der Waals surface area contributed by atoms with Gasteiger partial charge in [-0.1, -0.05) is 26.0 Å². The van der Waals surface area contributed by atoms with E-state index in [1.807, 2.05) is 0 Å². The summed E-state index contributed by atoms with van der Waals surface area (Å²) in [6, 6.07) is 7.14. The molecule has 4 heteroatoms. The number of carbonyl (C=O) groups excluding carboxylic acids is 1. The number of benzene rings is 1. The van der Waals surface area contributed by atoms with E-state index in [-0.39, 0.29) is 18.4 Å². The standard InChI is InChI=1S/C14H22N2O2/c1-10(2)7-12(8-15)14(18)16-13-5-3-11(9-17)4-6-13/h3-6,10,12,17H,7-9,15H2,1-2H3,(H,16,18). The normalized spacial score (nSPS) is 12.5. The van der Waals surface area contributed by atoms with E-state index in [0.29, 0.717) is 12.5 Å². The van der Waals surface area contributed by atoms with Gasteiger partial charge in [-0.15, -0.1) is 0 Å². The maximum absolute atomic E-state index is 12.0. The van der Waals surface area contributed by atoms with Gasteiger partial charge in [0.2, 0.25) is 5.91 Å². The van der Waals surface area contributed by atoms with E-state index < -0.39 is 0 Å².